The first kappa shape index (κ1) is 28.8. The lowest BCUT2D eigenvalue weighted by Crippen LogP contribution is -2.27. The van der Waals surface area contributed by atoms with Crippen LogP contribution in [0.3, 0.4) is 0 Å². The van der Waals surface area contributed by atoms with Gasteiger partial charge in [-0.25, -0.2) is 4.79 Å². The Morgan fingerprint density at radius 2 is 1.42 bits per heavy atom. The molecule has 0 saturated heterocycles. The molecule has 1 N–H and O–H groups in total. The average molecular weight is 517 g/mol. The molecule has 0 fully saturated rings. The summed E-state index contributed by atoms with van der Waals surface area (Å²) in [4.78, 5) is 14.1. The van der Waals surface area contributed by atoms with Gasteiger partial charge in [0.1, 0.15) is 17.2 Å². The number of benzene rings is 3. The fourth-order valence-corrected chi connectivity index (χ4v) is 4.15. The number of ether oxygens (including phenoxy) is 3. The summed E-state index contributed by atoms with van der Waals surface area (Å²) < 4.78 is 16.7. The smallest absolute Gasteiger partial charge is 0.412 e. The number of hydrogen-bond acceptors (Lipinski definition) is 5. The predicted octanol–water partition coefficient (Wildman–Crippen LogP) is 6.59. The molecule has 1 amide bonds. The second kappa shape index (κ2) is 14.8. The van der Waals surface area contributed by atoms with Crippen LogP contribution in [-0.2, 0) is 6.42 Å². The number of nitrogens with zero attached hydrogens (tertiary/aromatic N) is 1. The van der Waals surface area contributed by atoms with Crippen molar-refractivity contribution in [3.8, 4) is 17.2 Å². The predicted molar refractivity (Wildman–Crippen MR) is 154 cm³/mol. The van der Waals surface area contributed by atoms with Crippen molar-refractivity contribution in [2.24, 2.45) is 0 Å². The summed E-state index contributed by atoms with van der Waals surface area (Å²) in [6, 6.07) is 24.1. The Morgan fingerprint density at radius 3 is 1.97 bits per heavy atom. The molecule has 38 heavy (non-hydrogen) atoms. The van der Waals surface area contributed by atoms with E-state index >= 15 is 0 Å². The zero-order valence-electron chi connectivity index (χ0n) is 23.3. The number of hydrogen-bond donors (Lipinski definition) is 1. The molecular formula is C32H40N2O4. The van der Waals surface area contributed by atoms with Crippen molar-refractivity contribution in [1.29, 1.82) is 0 Å². The second-order valence-electron chi connectivity index (χ2n) is 9.55. The quantitative estimate of drug-likeness (QED) is 0.260. The Hall–Kier alpha value is -3.77. The zero-order chi connectivity index (χ0) is 27.3. The SMILES string of the molecule is CCCNC(=O)Oc1ccc(/C(=C(/C)Cc2ccc(OC)cc2)c2ccc(OCCCN(C)C)cc2)cc1. The van der Waals surface area contributed by atoms with Gasteiger partial charge in [-0.15, -0.1) is 0 Å². The van der Waals surface area contributed by atoms with Crippen molar-refractivity contribution in [3.63, 3.8) is 0 Å². The molecule has 0 aliphatic heterocycles. The molecule has 0 atom stereocenters. The van der Waals surface area contributed by atoms with Crippen LogP contribution in [0.4, 0.5) is 4.79 Å². The van der Waals surface area contributed by atoms with Crippen molar-refractivity contribution in [2.45, 2.75) is 33.1 Å². The van der Waals surface area contributed by atoms with Crippen molar-refractivity contribution in [2.75, 3.05) is 40.9 Å². The van der Waals surface area contributed by atoms with Crippen molar-refractivity contribution < 1.29 is 19.0 Å². The van der Waals surface area contributed by atoms with Gasteiger partial charge in [-0.1, -0.05) is 48.9 Å². The van der Waals surface area contributed by atoms with Crippen LogP contribution in [0, 0.1) is 0 Å². The van der Waals surface area contributed by atoms with E-state index in [-0.39, 0.29) is 0 Å². The Labute approximate surface area is 227 Å². The molecule has 0 radical (unpaired) electrons. The van der Waals surface area contributed by atoms with E-state index in [1.807, 2.05) is 55.5 Å². The van der Waals surface area contributed by atoms with E-state index in [0.29, 0.717) is 18.9 Å². The topological polar surface area (TPSA) is 60.0 Å². The van der Waals surface area contributed by atoms with Crippen molar-refractivity contribution in [3.05, 3.63) is 95.1 Å². The number of amides is 1. The number of nitrogens with one attached hydrogen (secondary N) is 1. The van der Waals surface area contributed by atoms with Crippen LogP contribution >= 0.6 is 0 Å². The first-order valence-electron chi connectivity index (χ1n) is 13.2. The van der Waals surface area contributed by atoms with Crippen LogP contribution in [0.2, 0.25) is 0 Å². The second-order valence-corrected chi connectivity index (χ2v) is 9.55. The lowest BCUT2D eigenvalue weighted by Gasteiger charge is -2.16. The molecule has 0 bridgehead atoms. The molecule has 0 heterocycles. The molecule has 202 valence electrons. The van der Waals surface area contributed by atoms with Crippen LogP contribution in [0.5, 0.6) is 17.2 Å². The summed E-state index contributed by atoms with van der Waals surface area (Å²) in [7, 11) is 5.81. The Kier molecular flexibility index (Phi) is 11.2. The van der Waals surface area contributed by atoms with Crippen molar-refractivity contribution in [1.82, 2.24) is 10.2 Å². The molecule has 0 saturated carbocycles. The summed E-state index contributed by atoms with van der Waals surface area (Å²) in [6.07, 6.45) is 2.19. The first-order chi connectivity index (χ1) is 18.4. The molecule has 0 aromatic heterocycles. The van der Waals surface area contributed by atoms with E-state index < -0.39 is 6.09 Å². The zero-order valence-corrected chi connectivity index (χ0v) is 23.3. The largest absolute Gasteiger partial charge is 0.497 e. The molecule has 6 heteroatoms. The number of methoxy groups -OCH3 is 1. The standard InChI is InChI=1S/C32H40N2O4/c1-6-20-33-32(35)38-30-18-12-27(13-19-30)31(24(2)23-25-8-14-28(36-5)15-9-25)26-10-16-29(17-11-26)37-22-7-21-34(3)4/h8-19H,6-7,20-23H2,1-5H3,(H,33,35)/b31-24-. The summed E-state index contributed by atoms with van der Waals surface area (Å²) in [5.41, 5.74) is 5.73. The molecule has 0 unspecified atom stereocenters. The van der Waals surface area contributed by atoms with E-state index in [1.165, 1.54) is 11.1 Å². The normalized spacial score (nSPS) is 11.6. The minimum absolute atomic E-state index is 0.438. The van der Waals surface area contributed by atoms with E-state index in [0.717, 1.165) is 54.0 Å². The van der Waals surface area contributed by atoms with E-state index in [1.54, 1.807) is 7.11 Å². The maximum atomic E-state index is 12.0. The van der Waals surface area contributed by atoms with Gasteiger partial charge in [0.2, 0.25) is 0 Å². The minimum Gasteiger partial charge on any atom is -0.497 e. The molecule has 0 aliphatic rings. The van der Waals surface area contributed by atoms with Gasteiger partial charge in [-0.2, -0.15) is 0 Å². The van der Waals surface area contributed by atoms with Crippen molar-refractivity contribution >= 4 is 11.7 Å². The minimum atomic E-state index is -0.438. The third kappa shape index (κ3) is 8.96. The third-order valence-corrected chi connectivity index (χ3v) is 6.09. The molecule has 6 nitrogen and oxygen atoms in total. The van der Waals surface area contributed by atoms with Crippen LogP contribution in [0.15, 0.2) is 78.4 Å². The maximum Gasteiger partial charge on any atom is 0.412 e. The fraction of sp³-hybridized carbons (Fsp3) is 0.344. The first-order valence-corrected chi connectivity index (χ1v) is 13.2. The van der Waals surface area contributed by atoms with Gasteiger partial charge >= 0.3 is 6.09 Å². The molecule has 3 aromatic carbocycles. The van der Waals surface area contributed by atoms with Gasteiger partial charge in [0.05, 0.1) is 13.7 Å². The number of carbonyl (C=O) groups is 1. The third-order valence-electron chi connectivity index (χ3n) is 6.09. The van der Waals surface area contributed by atoms with E-state index in [2.05, 4.69) is 55.5 Å². The molecular weight excluding hydrogens is 476 g/mol. The van der Waals surface area contributed by atoms with Crippen LogP contribution in [0.1, 0.15) is 43.4 Å². The fourth-order valence-electron chi connectivity index (χ4n) is 4.15. The highest BCUT2D eigenvalue weighted by atomic mass is 16.6. The lowest BCUT2D eigenvalue weighted by atomic mass is 9.90. The highest BCUT2D eigenvalue weighted by Gasteiger charge is 2.12. The van der Waals surface area contributed by atoms with E-state index in [9.17, 15) is 4.79 Å². The molecule has 0 spiro atoms. The summed E-state index contributed by atoms with van der Waals surface area (Å²) >= 11 is 0. The van der Waals surface area contributed by atoms with Gasteiger partial charge < -0.3 is 24.4 Å². The van der Waals surface area contributed by atoms with Gasteiger partial charge in [0.15, 0.2) is 0 Å². The Balaban J connectivity index is 1.85. The highest BCUT2D eigenvalue weighted by Crippen LogP contribution is 2.31. The summed E-state index contributed by atoms with van der Waals surface area (Å²) in [5, 5.41) is 2.73. The highest BCUT2D eigenvalue weighted by molar-refractivity contribution is 5.82. The number of rotatable bonds is 13. The van der Waals surface area contributed by atoms with Gasteiger partial charge in [0, 0.05) is 13.1 Å². The molecule has 3 rings (SSSR count). The molecule has 3 aromatic rings. The lowest BCUT2D eigenvalue weighted by molar-refractivity contribution is 0.200. The van der Waals surface area contributed by atoms with Crippen LogP contribution < -0.4 is 19.5 Å². The maximum absolute atomic E-state index is 12.0. The van der Waals surface area contributed by atoms with Gasteiger partial charge in [0.25, 0.3) is 0 Å². The Bertz CT molecular complexity index is 1170. The van der Waals surface area contributed by atoms with Gasteiger partial charge in [-0.05, 0) is 98.9 Å². The monoisotopic (exact) mass is 516 g/mol. The average Bonchev–Trinajstić information content (AvgIpc) is 2.92. The van der Waals surface area contributed by atoms with Crippen LogP contribution in [-0.4, -0.2) is 51.9 Å². The summed E-state index contributed by atoms with van der Waals surface area (Å²) in [6.45, 7) is 6.43. The van der Waals surface area contributed by atoms with Crippen LogP contribution in [0.25, 0.3) is 5.57 Å². The van der Waals surface area contributed by atoms with Gasteiger partial charge in [-0.3, -0.25) is 0 Å². The number of carbonyl (C=O) groups excluding carboxylic acids is 1. The summed E-state index contributed by atoms with van der Waals surface area (Å²) in [5.74, 6) is 2.22. The number of allylic oxidation sites excluding steroid dienone is 1. The molecule has 0 aliphatic carbocycles. The Morgan fingerprint density at radius 1 is 0.842 bits per heavy atom. The van der Waals surface area contributed by atoms with E-state index in [4.69, 9.17) is 14.2 Å².